The minimum Gasteiger partial charge on any atom is -0.354 e. The van der Waals surface area contributed by atoms with E-state index in [4.69, 9.17) is 5.84 Å². The van der Waals surface area contributed by atoms with Crippen molar-refractivity contribution in [2.75, 3.05) is 30.0 Å². The minimum absolute atomic E-state index is 0.0775. The van der Waals surface area contributed by atoms with Crippen LogP contribution in [0, 0.1) is 0 Å². The number of nitrogens with zero attached hydrogens (tertiary/aromatic N) is 3. The van der Waals surface area contributed by atoms with Crippen LogP contribution in [-0.2, 0) is 4.79 Å². The van der Waals surface area contributed by atoms with E-state index in [1.54, 1.807) is 6.07 Å². The summed E-state index contributed by atoms with van der Waals surface area (Å²) in [6, 6.07) is 1.76. The van der Waals surface area contributed by atoms with Crippen LogP contribution < -0.4 is 21.5 Å². The third-order valence-corrected chi connectivity index (χ3v) is 2.44. The smallest absolute Gasteiger partial charge is 0.221 e. The number of hydrazine groups is 1. The Kier molecular flexibility index (Phi) is 3.16. The molecule has 1 amide bonds. The van der Waals surface area contributed by atoms with Crippen LogP contribution in [0.15, 0.2) is 12.4 Å². The highest BCUT2D eigenvalue weighted by Crippen LogP contribution is 2.14. The van der Waals surface area contributed by atoms with Gasteiger partial charge in [0.1, 0.15) is 18.0 Å². The van der Waals surface area contributed by atoms with E-state index < -0.39 is 0 Å². The molecule has 2 heterocycles. The van der Waals surface area contributed by atoms with Crippen molar-refractivity contribution in [1.29, 1.82) is 0 Å². The van der Waals surface area contributed by atoms with Crippen molar-refractivity contribution in [2.45, 2.75) is 6.42 Å². The van der Waals surface area contributed by atoms with Crippen molar-refractivity contribution in [2.24, 2.45) is 5.84 Å². The van der Waals surface area contributed by atoms with Crippen molar-refractivity contribution >= 4 is 17.5 Å². The number of aromatic nitrogens is 2. The van der Waals surface area contributed by atoms with Gasteiger partial charge in [-0.3, -0.25) is 4.79 Å². The summed E-state index contributed by atoms with van der Waals surface area (Å²) in [6.07, 6.45) is 1.93. The van der Waals surface area contributed by atoms with Gasteiger partial charge in [-0.2, -0.15) is 0 Å². The maximum absolute atomic E-state index is 11.2. The SMILES string of the molecule is NNc1cc(N2CCNC(=O)CC2)ncn1. The first-order chi connectivity index (χ1) is 7.79. The summed E-state index contributed by atoms with van der Waals surface area (Å²) in [5, 5.41) is 2.81. The largest absolute Gasteiger partial charge is 0.354 e. The Bertz CT molecular complexity index is 382. The van der Waals surface area contributed by atoms with Crippen molar-refractivity contribution in [3.8, 4) is 0 Å². The molecule has 0 saturated carbocycles. The zero-order valence-electron chi connectivity index (χ0n) is 8.81. The van der Waals surface area contributed by atoms with Gasteiger partial charge < -0.3 is 15.6 Å². The minimum atomic E-state index is 0.0775. The highest BCUT2D eigenvalue weighted by atomic mass is 16.1. The van der Waals surface area contributed by atoms with Crippen LogP contribution in [0.25, 0.3) is 0 Å². The van der Waals surface area contributed by atoms with Crippen LogP contribution in [0.5, 0.6) is 0 Å². The van der Waals surface area contributed by atoms with Gasteiger partial charge in [0.2, 0.25) is 5.91 Å². The van der Waals surface area contributed by atoms with Crippen molar-refractivity contribution < 1.29 is 4.79 Å². The molecule has 4 N–H and O–H groups in total. The van der Waals surface area contributed by atoms with Gasteiger partial charge in [0.25, 0.3) is 0 Å². The Balaban J connectivity index is 2.13. The number of nitrogens with one attached hydrogen (secondary N) is 2. The second-order valence-electron chi connectivity index (χ2n) is 3.49. The monoisotopic (exact) mass is 222 g/mol. The molecule has 0 spiro atoms. The highest BCUT2D eigenvalue weighted by Gasteiger charge is 2.14. The standard InChI is InChI=1S/C9H14N6O/c10-14-7-5-8(13-6-12-7)15-3-1-9(16)11-2-4-15/h5-6H,1-4,10H2,(H,11,16)(H,12,13,14). The van der Waals surface area contributed by atoms with E-state index in [1.807, 2.05) is 4.90 Å². The normalized spacial score (nSPS) is 16.6. The first-order valence-electron chi connectivity index (χ1n) is 5.10. The molecule has 1 aliphatic heterocycles. The maximum atomic E-state index is 11.2. The average Bonchev–Trinajstić information content (AvgIpc) is 2.54. The first kappa shape index (κ1) is 10.6. The van der Waals surface area contributed by atoms with Gasteiger partial charge in [-0.05, 0) is 0 Å². The average molecular weight is 222 g/mol. The van der Waals surface area contributed by atoms with Crippen molar-refractivity contribution in [3.05, 3.63) is 12.4 Å². The summed E-state index contributed by atoms with van der Waals surface area (Å²) in [6.45, 7) is 2.04. The molecule has 0 unspecified atom stereocenters. The zero-order chi connectivity index (χ0) is 11.4. The predicted octanol–water partition coefficient (Wildman–Crippen LogP) is -0.912. The molecule has 16 heavy (non-hydrogen) atoms. The Morgan fingerprint density at radius 3 is 3.12 bits per heavy atom. The van der Waals surface area contributed by atoms with E-state index in [9.17, 15) is 4.79 Å². The molecule has 0 aromatic carbocycles. The number of anilines is 2. The lowest BCUT2D eigenvalue weighted by atomic mass is 10.3. The molecule has 0 aliphatic carbocycles. The second-order valence-corrected chi connectivity index (χ2v) is 3.49. The second kappa shape index (κ2) is 4.75. The lowest BCUT2D eigenvalue weighted by Crippen LogP contribution is -2.29. The van der Waals surface area contributed by atoms with Crippen LogP contribution in [0.4, 0.5) is 11.6 Å². The van der Waals surface area contributed by atoms with E-state index >= 15 is 0 Å². The molecule has 1 aliphatic rings. The third kappa shape index (κ3) is 2.37. The molecule has 7 nitrogen and oxygen atoms in total. The molecule has 1 fully saturated rings. The summed E-state index contributed by atoms with van der Waals surface area (Å²) in [4.78, 5) is 21.3. The molecule has 0 atom stereocenters. The summed E-state index contributed by atoms with van der Waals surface area (Å²) in [5.41, 5.74) is 2.47. The van der Waals surface area contributed by atoms with E-state index in [1.165, 1.54) is 6.33 Å². The number of rotatable bonds is 2. The van der Waals surface area contributed by atoms with E-state index in [2.05, 4.69) is 20.7 Å². The van der Waals surface area contributed by atoms with Crippen molar-refractivity contribution in [1.82, 2.24) is 15.3 Å². The number of nitrogens with two attached hydrogens (primary N) is 1. The van der Waals surface area contributed by atoms with E-state index in [0.29, 0.717) is 25.3 Å². The van der Waals surface area contributed by atoms with Gasteiger partial charge >= 0.3 is 0 Å². The van der Waals surface area contributed by atoms with Crippen LogP contribution in [0.3, 0.4) is 0 Å². The topological polar surface area (TPSA) is 96.2 Å². The van der Waals surface area contributed by atoms with Gasteiger partial charge in [-0.15, -0.1) is 0 Å². The van der Waals surface area contributed by atoms with Gasteiger partial charge in [0.05, 0.1) is 0 Å². The Morgan fingerprint density at radius 1 is 1.44 bits per heavy atom. The first-order valence-corrected chi connectivity index (χ1v) is 5.10. The fourth-order valence-electron chi connectivity index (χ4n) is 1.59. The molecule has 1 saturated heterocycles. The van der Waals surface area contributed by atoms with Gasteiger partial charge in [0, 0.05) is 32.1 Å². The molecule has 7 heteroatoms. The predicted molar refractivity (Wildman–Crippen MR) is 59.7 cm³/mol. The molecule has 1 aromatic heterocycles. The van der Waals surface area contributed by atoms with Crippen LogP contribution in [0.2, 0.25) is 0 Å². The number of amides is 1. The summed E-state index contributed by atoms with van der Waals surface area (Å²) in [7, 11) is 0. The number of hydrogen-bond acceptors (Lipinski definition) is 6. The number of nitrogen functional groups attached to an aromatic ring is 1. The Hall–Kier alpha value is -1.89. The lowest BCUT2D eigenvalue weighted by Gasteiger charge is -2.20. The Morgan fingerprint density at radius 2 is 2.31 bits per heavy atom. The zero-order valence-corrected chi connectivity index (χ0v) is 8.81. The van der Waals surface area contributed by atoms with Crippen LogP contribution in [-0.4, -0.2) is 35.5 Å². The van der Waals surface area contributed by atoms with Crippen LogP contribution in [0.1, 0.15) is 6.42 Å². The maximum Gasteiger partial charge on any atom is 0.221 e. The molecule has 0 bridgehead atoms. The fraction of sp³-hybridized carbons (Fsp3) is 0.444. The summed E-state index contributed by atoms with van der Waals surface area (Å²) in [5.74, 6) is 6.69. The molecule has 2 rings (SSSR count). The van der Waals surface area contributed by atoms with Gasteiger partial charge in [-0.1, -0.05) is 0 Å². The van der Waals surface area contributed by atoms with Crippen molar-refractivity contribution in [3.63, 3.8) is 0 Å². The quantitative estimate of drug-likeness (QED) is 0.443. The number of carbonyl (C=O) groups is 1. The molecular formula is C9H14N6O. The van der Waals surface area contributed by atoms with E-state index in [0.717, 1.165) is 12.4 Å². The van der Waals surface area contributed by atoms with Gasteiger partial charge in [-0.25, -0.2) is 15.8 Å². The summed E-state index contributed by atoms with van der Waals surface area (Å²) >= 11 is 0. The summed E-state index contributed by atoms with van der Waals surface area (Å²) < 4.78 is 0. The van der Waals surface area contributed by atoms with Gasteiger partial charge in [0.15, 0.2) is 0 Å². The molecule has 86 valence electrons. The third-order valence-electron chi connectivity index (χ3n) is 2.44. The highest BCUT2D eigenvalue weighted by molar-refractivity contribution is 5.77. The molecule has 0 radical (unpaired) electrons. The number of carbonyl (C=O) groups excluding carboxylic acids is 1. The molecular weight excluding hydrogens is 208 g/mol. The Labute approximate surface area is 93.0 Å². The van der Waals surface area contributed by atoms with Crippen LogP contribution >= 0.6 is 0 Å². The lowest BCUT2D eigenvalue weighted by molar-refractivity contribution is -0.120. The fourth-order valence-corrected chi connectivity index (χ4v) is 1.59. The van der Waals surface area contributed by atoms with E-state index in [-0.39, 0.29) is 5.91 Å². The molecule has 1 aromatic rings. The number of hydrogen-bond donors (Lipinski definition) is 3.